The van der Waals surface area contributed by atoms with E-state index < -0.39 is 20.4 Å². The van der Waals surface area contributed by atoms with Gasteiger partial charge in [-0.2, -0.15) is 0 Å². The van der Waals surface area contributed by atoms with Crippen LogP contribution in [0.25, 0.3) is 0 Å². The molecule has 5 nitrogen and oxygen atoms in total. The summed E-state index contributed by atoms with van der Waals surface area (Å²) in [6.45, 7) is 0. The zero-order valence-electron chi connectivity index (χ0n) is 9.18. The highest BCUT2D eigenvalue weighted by Crippen LogP contribution is 2.28. The van der Waals surface area contributed by atoms with Gasteiger partial charge in [0.2, 0.25) is 9.84 Å². The van der Waals surface area contributed by atoms with Crippen LogP contribution in [-0.4, -0.2) is 13.3 Å². The third kappa shape index (κ3) is 2.10. The second-order valence-corrected chi connectivity index (χ2v) is 5.46. The molecule has 6 heteroatoms. The summed E-state index contributed by atoms with van der Waals surface area (Å²) in [6, 6.07) is 12.9. The van der Waals surface area contributed by atoms with Crippen LogP contribution in [0.15, 0.2) is 64.4 Å². The van der Waals surface area contributed by atoms with Crippen LogP contribution in [0.5, 0.6) is 0 Å². The molecule has 0 N–H and O–H groups in total. The van der Waals surface area contributed by atoms with Crippen LogP contribution in [0.2, 0.25) is 0 Å². The molecule has 0 radical (unpaired) electrons. The van der Waals surface area contributed by atoms with E-state index in [0.29, 0.717) is 0 Å². The number of rotatable bonds is 3. The first kappa shape index (κ1) is 12.3. The minimum Gasteiger partial charge on any atom is -0.258 e. The Labute approximate surface area is 104 Å². The van der Waals surface area contributed by atoms with Crippen molar-refractivity contribution in [1.82, 2.24) is 0 Å². The van der Waals surface area contributed by atoms with E-state index in [1.54, 1.807) is 18.2 Å². The van der Waals surface area contributed by atoms with Crippen LogP contribution < -0.4 is 0 Å². The monoisotopic (exact) mass is 263 g/mol. The molecule has 0 aliphatic heterocycles. The SMILES string of the molecule is O=[N+]([O-])c1ccccc1S(=O)(=O)c1ccccc1. The average molecular weight is 263 g/mol. The molecule has 0 fully saturated rings. The van der Waals surface area contributed by atoms with Crippen LogP contribution in [0.4, 0.5) is 5.69 Å². The number of nitrogens with zero attached hydrogens (tertiary/aromatic N) is 1. The molecular weight excluding hydrogens is 254 g/mol. The van der Waals surface area contributed by atoms with E-state index in [-0.39, 0.29) is 9.79 Å². The molecule has 0 aliphatic rings. The number of nitro groups is 1. The summed E-state index contributed by atoms with van der Waals surface area (Å²) in [5.41, 5.74) is -0.415. The second-order valence-electron chi connectivity index (χ2n) is 3.54. The molecule has 0 amide bonds. The Morgan fingerprint density at radius 3 is 2.06 bits per heavy atom. The molecule has 0 unspecified atom stereocenters. The van der Waals surface area contributed by atoms with Gasteiger partial charge < -0.3 is 0 Å². The number of benzene rings is 2. The lowest BCUT2D eigenvalue weighted by Crippen LogP contribution is -2.05. The summed E-state index contributed by atoms with van der Waals surface area (Å²) in [7, 11) is -3.86. The molecule has 0 saturated carbocycles. The van der Waals surface area contributed by atoms with Crippen molar-refractivity contribution in [2.75, 3.05) is 0 Å². The van der Waals surface area contributed by atoms with E-state index >= 15 is 0 Å². The third-order valence-electron chi connectivity index (χ3n) is 2.40. The largest absolute Gasteiger partial charge is 0.288 e. The molecule has 0 aromatic heterocycles. The predicted molar refractivity (Wildman–Crippen MR) is 65.0 cm³/mol. The van der Waals surface area contributed by atoms with Gasteiger partial charge in [0.05, 0.1) is 9.82 Å². The summed E-state index contributed by atoms with van der Waals surface area (Å²) in [5, 5.41) is 10.8. The molecule has 0 heterocycles. The smallest absolute Gasteiger partial charge is 0.258 e. The first-order chi connectivity index (χ1) is 8.53. The maximum Gasteiger partial charge on any atom is 0.288 e. The highest BCUT2D eigenvalue weighted by atomic mass is 32.2. The Balaban J connectivity index is 2.66. The minimum atomic E-state index is -3.86. The molecular formula is C12H9NO4S. The van der Waals surface area contributed by atoms with Gasteiger partial charge in [-0.25, -0.2) is 8.42 Å². The van der Waals surface area contributed by atoms with E-state index in [9.17, 15) is 18.5 Å². The van der Waals surface area contributed by atoms with Crippen LogP contribution in [-0.2, 0) is 9.84 Å². The maximum atomic E-state index is 12.3. The van der Waals surface area contributed by atoms with Gasteiger partial charge in [-0.05, 0) is 18.2 Å². The Hall–Kier alpha value is -2.21. The van der Waals surface area contributed by atoms with Crippen molar-refractivity contribution in [3.63, 3.8) is 0 Å². The van der Waals surface area contributed by atoms with Gasteiger partial charge in [-0.3, -0.25) is 10.1 Å². The Morgan fingerprint density at radius 1 is 0.889 bits per heavy atom. The van der Waals surface area contributed by atoms with E-state index in [4.69, 9.17) is 0 Å². The zero-order chi connectivity index (χ0) is 13.2. The minimum absolute atomic E-state index is 0.0410. The van der Waals surface area contributed by atoms with Gasteiger partial charge >= 0.3 is 0 Å². The predicted octanol–water partition coefficient (Wildman–Crippen LogP) is 2.43. The van der Waals surface area contributed by atoms with Crippen LogP contribution in [0.1, 0.15) is 0 Å². The topological polar surface area (TPSA) is 77.3 Å². The normalized spacial score (nSPS) is 11.1. The number of hydrogen-bond donors (Lipinski definition) is 0. The average Bonchev–Trinajstić information content (AvgIpc) is 2.39. The van der Waals surface area contributed by atoms with Gasteiger partial charge in [0.25, 0.3) is 5.69 Å². The fourth-order valence-electron chi connectivity index (χ4n) is 1.56. The van der Waals surface area contributed by atoms with Crippen molar-refractivity contribution in [1.29, 1.82) is 0 Å². The molecule has 0 atom stereocenters. The summed E-state index contributed by atoms with van der Waals surface area (Å²) in [4.78, 5) is 9.89. The van der Waals surface area contributed by atoms with Crippen molar-refractivity contribution < 1.29 is 13.3 Å². The Kier molecular flexibility index (Phi) is 3.12. The van der Waals surface area contributed by atoms with Gasteiger partial charge in [-0.1, -0.05) is 30.3 Å². The van der Waals surface area contributed by atoms with Crippen LogP contribution >= 0.6 is 0 Å². The van der Waals surface area contributed by atoms with Crippen molar-refractivity contribution in [3.8, 4) is 0 Å². The molecule has 2 rings (SSSR count). The van der Waals surface area contributed by atoms with E-state index in [0.717, 1.165) is 0 Å². The maximum absolute atomic E-state index is 12.3. The zero-order valence-corrected chi connectivity index (χ0v) is 10.0. The van der Waals surface area contributed by atoms with E-state index in [2.05, 4.69) is 0 Å². The first-order valence-corrected chi connectivity index (χ1v) is 6.55. The lowest BCUT2D eigenvalue weighted by atomic mass is 10.3. The van der Waals surface area contributed by atoms with Crippen LogP contribution in [0.3, 0.4) is 0 Å². The van der Waals surface area contributed by atoms with Crippen molar-refractivity contribution in [2.24, 2.45) is 0 Å². The number of nitro benzene ring substituents is 1. The fraction of sp³-hybridized carbons (Fsp3) is 0. The summed E-state index contributed by atoms with van der Waals surface area (Å²) >= 11 is 0. The Bertz CT molecular complexity index is 680. The summed E-state index contributed by atoms with van der Waals surface area (Å²) in [5.74, 6) is 0. The third-order valence-corrected chi connectivity index (χ3v) is 4.22. The van der Waals surface area contributed by atoms with Crippen molar-refractivity contribution in [2.45, 2.75) is 9.79 Å². The second kappa shape index (κ2) is 4.58. The number of hydrogen-bond acceptors (Lipinski definition) is 4. The first-order valence-electron chi connectivity index (χ1n) is 5.07. The van der Waals surface area contributed by atoms with Gasteiger partial charge in [0.1, 0.15) is 4.90 Å². The molecule has 0 saturated heterocycles. The number of sulfone groups is 1. The molecule has 2 aromatic rings. The van der Waals surface area contributed by atoms with Crippen molar-refractivity contribution >= 4 is 15.5 Å². The highest BCUT2D eigenvalue weighted by molar-refractivity contribution is 7.91. The summed E-state index contributed by atoms with van der Waals surface area (Å²) < 4.78 is 24.5. The molecule has 2 aromatic carbocycles. The molecule has 0 spiro atoms. The molecule has 0 aliphatic carbocycles. The van der Waals surface area contributed by atoms with E-state index in [1.807, 2.05) is 0 Å². The fourth-order valence-corrected chi connectivity index (χ4v) is 3.01. The number of para-hydroxylation sites is 1. The lowest BCUT2D eigenvalue weighted by Gasteiger charge is -2.04. The molecule has 18 heavy (non-hydrogen) atoms. The van der Waals surface area contributed by atoms with Crippen LogP contribution in [0, 0.1) is 10.1 Å². The Morgan fingerprint density at radius 2 is 1.44 bits per heavy atom. The van der Waals surface area contributed by atoms with E-state index in [1.165, 1.54) is 36.4 Å². The lowest BCUT2D eigenvalue weighted by molar-refractivity contribution is -0.387. The van der Waals surface area contributed by atoms with Crippen molar-refractivity contribution in [3.05, 3.63) is 64.7 Å². The highest BCUT2D eigenvalue weighted by Gasteiger charge is 2.26. The molecule has 0 bridgehead atoms. The standard InChI is InChI=1S/C12H9NO4S/c14-13(15)11-8-4-5-9-12(11)18(16,17)10-6-2-1-3-7-10/h1-9H. The van der Waals surface area contributed by atoms with Gasteiger partial charge in [0, 0.05) is 6.07 Å². The quantitative estimate of drug-likeness (QED) is 0.629. The van der Waals surface area contributed by atoms with Gasteiger partial charge in [-0.15, -0.1) is 0 Å². The summed E-state index contributed by atoms with van der Waals surface area (Å²) in [6.07, 6.45) is 0. The molecule has 92 valence electrons. The van der Waals surface area contributed by atoms with Gasteiger partial charge in [0.15, 0.2) is 0 Å².